The van der Waals surface area contributed by atoms with Crippen LogP contribution < -0.4 is 4.90 Å². The maximum atomic E-state index is 12.7. The number of nitrogens with zero attached hydrogens (tertiary/aromatic N) is 6. The highest BCUT2D eigenvalue weighted by Crippen LogP contribution is 2.36. The minimum absolute atomic E-state index is 0.0733. The predicted molar refractivity (Wildman–Crippen MR) is 138 cm³/mol. The SMILES string of the molecule is CC(C)(C)OC(=O)N1CCC(n2cnc3c(-c4cccc5c4C=CC5)nc(N4CCOCC4)nc32)C1. The van der Waals surface area contributed by atoms with Gasteiger partial charge in [0, 0.05) is 31.7 Å². The normalized spacial score (nSPS) is 19.8. The van der Waals surface area contributed by atoms with Gasteiger partial charge in [0.2, 0.25) is 5.95 Å². The summed E-state index contributed by atoms with van der Waals surface area (Å²) in [6, 6.07) is 6.46. The van der Waals surface area contributed by atoms with Crippen LogP contribution in [0.15, 0.2) is 30.6 Å². The van der Waals surface area contributed by atoms with Crippen LogP contribution in [-0.2, 0) is 15.9 Å². The van der Waals surface area contributed by atoms with Crippen molar-refractivity contribution in [2.24, 2.45) is 0 Å². The minimum atomic E-state index is -0.517. The topological polar surface area (TPSA) is 85.6 Å². The van der Waals surface area contributed by atoms with E-state index in [4.69, 9.17) is 24.4 Å². The molecular weight excluding hydrogens is 456 g/mol. The number of likely N-dealkylation sites (tertiary alicyclic amines) is 1. The second kappa shape index (κ2) is 8.89. The maximum Gasteiger partial charge on any atom is 0.410 e. The Balaban J connectivity index is 1.41. The van der Waals surface area contributed by atoms with Crippen LogP contribution in [0.4, 0.5) is 10.7 Å². The quantitative estimate of drug-likeness (QED) is 0.549. The third kappa shape index (κ3) is 4.21. The number of anilines is 1. The van der Waals surface area contributed by atoms with Crippen molar-refractivity contribution in [1.82, 2.24) is 24.4 Å². The molecule has 2 aromatic heterocycles. The molecule has 6 rings (SSSR count). The Labute approximate surface area is 210 Å². The fourth-order valence-electron chi connectivity index (χ4n) is 5.22. The molecule has 4 heterocycles. The first kappa shape index (κ1) is 23.0. The largest absolute Gasteiger partial charge is 0.444 e. The molecular formula is C27H32N6O3. The maximum absolute atomic E-state index is 12.7. The smallest absolute Gasteiger partial charge is 0.410 e. The van der Waals surface area contributed by atoms with Crippen molar-refractivity contribution < 1.29 is 14.3 Å². The van der Waals surface area contributed by atoms with Crippen LogP contribution in [0.1, 0.15) is 44.4 Å². The molecule has 0 bridgehead atoms. The van der Waals surface area contributed by atoms with Crippen LogP contribution >= 0.6 is 0 Å². The zero-order valence-corrected chi connectivity index (χ0v) is 21.1. The van der Waals surface area contributed by atoms with Crippen molar-refractivity contribution in [1.29, 1.82) is 0 Å². The molecule has 2 aliphatic heterocycles. The van der Waals surface area contributed by atoms with Crippen molar-refractivity contribution in [3.63, 3.8) is 0 Å². The molecule has 188 valence electrons. The molecule has 1 unspecified atom stereocenters. The molecule has 1 aliphatic carbocycles. The number of carbonyl (C=O) groups excluding carboxylic acids is 1. The highest BCUT2D eigenvalue weighted by atomic mass is 16.6. The number of ether oxygens (including phenoxy) is 2. The molecule has 0 N–H and O–H groups in total. The van der Waals surface area contributed by atoms with Crippen LogP contribution in [0.25, 0.3) is 28.5 Å². The average Bonchev–Trinajstić information content (AvgIpc) is 3.61. The fourth-order valence-corrected chi connectivity index (χ4v) is 5.22. The monoisotopic (exact) mass is 488 g/mol. The van der Waals surface area contributed by atoms with Gasteiger partial charge in [0.15, 0.2) is 5.65 Å². The highest BCUT2D eigenvalue weighted by Gasteiger charge is 2.32. The van der Waals surface area contributed by atoms with Gasteiger partial charge in [0.05, 0.1) is 25.6 Å². The van der Waals surface area contributed by atoms with Crippen molar-refractivity contribution in [3.05, 3.63) is 41.7 Å². The zero-order chi connectivity index (χ0) is 24.9. The Morgan fingerprint density at radius 1 is 1.14 bits per heavy atom. The van der Waals surface area contributed by atoms with Gasteiger partial charge in [-0.1, -0.05) is 30.4 Å². The Hall–Kier alpha value is -3.46. The number of fused-ring (bicyclic) bond motifs is 2. The van der Waals surface area contributed by atoms with Gasteiger partial charge in [-0.3, -0.25) is 0 Å². The lowest BCUT2D eigenvalue weighted by molar-refractivity contribution is 0.0289. The lowest BCUT2D eigenvalue weighted by Gasteiger charge is -2.27. The van der Waals surface area contributed by atoms with Gasteiger partial charge in [-0.05, 0) is 44.7 Å². The molecule has 9 nitrogen and oxygen atoms in total. The zero-order valence-electron chi connectivity index (χ0n) is 21.1. The Morgan fingerprint density at radius 3 is 2.78 bits per heavy atom. The minimum Gasteiger partial charge on any atom is -0.444 e. The van der Waals surface area contributed by atoms with E-state index in [0.717, 1.165) is 48.4 Å². The van der Waals surface area contributed by atoms with Crippen LogP contribution in [-0.4, -0.2) is 75.5 Å². The number of carbonyl (C=O) groups is 1. The van der Waals surface area contributed by atoms with E-state index >= 15 is 0 Å². The summed E-state index contributed by atoms with van der Waals surface area (Å²) in [6.45, 7) is 9.71. The molecule has 2 fully saturated rings. The Kier molecular flexibility index (Phi) is 5.67. The van der Waals surface area contributed by atoms with E-state index < -0.39 is 5.60 Å². The van der Waals surface area contributed by atoms with Gasteiger partial charge in [-0.15, -0.1) is 0 Å². The fraction of sp³-hybridized carbons (Fsp3) is 0.481. The van der Waals surface area contributed by atoms with Gasteiger partial charge in [-0.25, -0.2) is 14.8 Å². The standard InChI is InChI=1S/C27H32N6O3/c1-27(2,3)36-26(34)32-11-10-19(16-32)33-17-28-23-22(21-9-5-7-18-6-4-8-20(18)21)29-25(30-24(23)33)31-12-14-35-15-13-31/h4-5,7-9,17,19H,6,10-16H2,1-3H3. The number of rotatable bonds is 3. The van der Waals surface area contributed by atoms with Crippen molar-refractivity contribution in [2.75, 3.05) is 44.3 Å². The molecule has 0 radical (unpaired) electrons. The molecule has 0 spiro atoms. The highest BCUT2D eigenvalue weighted by molar-refractivity contribution is 5.92. The summed E-state index contributed by atoms with van der Waals surface area (Å²) in [5, 5.41) is 0. The summed E-state index contributed by atoms with van der Waals surface area (Å²) in [5.74, 6) is 0.698. The van der Waals surface area contributed by atoms with Gasteiger partial charge in [0.25, 0.3) is 0 Å². The summed E-state index contributed by atoms with van der Waals surface area (Å²) in [6.07, 6.45) is 7.71. The van der Waals surface area contributed by atoms with Gasteiger partial charge in [0.1, 0.15) is 16.8 Å². The van der Waals surface area contributed by atoms with Gasteiger partial charge in [-0.2, -0.15) is 4.98 Å². The van der Waals surface area contributed by atoms with Crippen LogP contribution in [0.2, 0.25) is 0 Å². The van der Waals surface area contributed by atoms with Gasteiger partial charge >= 0.3 is 6.09 Å². The molecule has 36 heavy (non-hydrogen) atoms. The third-order valence-electron chi connectivity index (χ3n) is 6.99. The van der Waals surface area contributed by atoms with E-state index in [1.165, 1.54) is 11.1 Å². The predicted octanol–water partition coefficient (Wildman–Crippen LogP) is 4.08. The number of hydrogen-bond donors (Lipinski definition) is 0. The molecule has 0 saturated carbocycles. The number of amides is 1. The second-order valence-electron chi connectivity index (χ2n) is 10.6. The molecule has 1 aromatic carbocycles. The molecule has 2 saturated heterocycles. The molecule has 1 atom stereocenters. The van der Waals surface area contributed by atoms with E-state index in [-0.39, 0.29) is 12.1 Å². The summed E-state index contributed by atoms with van der Waals surface area (Å²) in [4.78, 5) is 31.5. The number of allylic oxidation sites excluding steroid dienone is 1. The first-order valence-electron chi connectivity index (χ1n) is 12.7. The van der Waals surface area contributed by atoms with Crippen LogP contribution in [0.3, 0.4) is 0 Å². The number of aromatic nitrogens is 4. The second-order valence-corrected chi connectivity index (χ2v) is 10.6. The van der Waals surface area contributed by atoms with E-state index in [0.29, 0.717) is 32.3 Å². The molecule has 9 heteroatoms. The first-order valence-corrected chi connectivity index (χ1v) is 12.7. The Bertz CT molecular complexity index is 1340. The number of imidazole rings is 1. The first-order chi connectivity index (χ1) is 17.4. The summed E-state index contributed by atoms with van der Waals surface area (Å²) in [7, 11) is 0. The number of morpholine rings is 1. The van der Waals surface area contributed by atoms with E-state index in [2.05, 4.69) is 39.8 Å². The lowest BCUT2D eigenvalue weighted by Crippen LogP contribution is -2.37. The van der Waals surface area contributed by atoms with E-state index in [1.807, 2.05) is 27.1 Å². The number of benzene rings is 1. The number of hydrogen-bond acceptors (Lipinski definition) is 7. The van der Waals surface area contributed by atoms with Crippen LogP contribution in [0.5, 0.6) is 0 Å². The average molecular weight is 489 g/mol. The molecule has 3 aromatic rings. The van der Waals surface area contributed by atoms with Crippen molar-refractivity contribution >= 4 is 29.3 Å². The van der Waals surface area contributed by atoms with Crippen molar-refractivity contribution in [3.8, 4) is 11.3 Å². The summed E-state index contributed by atoms with van der Waals surface area (Å²) >= 11 is 0. The third-order valence-corrected chi connectivity index (χ3v) is 6.99. The molecule has 1 amide bonds. The van der Waals surface area contributed by atoms with Gasteiger partial charge < -0.3 is 23.8 Å². The Morgan fingerprint density at radius 2 is 1.97 bits per heavy atom. The van der Waals surface area contributed by atoms with Crippen molar-refractivity contribution in [2.45, 2.75) is 45.3 Å². The van der Waals surface area contributed by atoms with E-state index in [9.17, 15) is 4.79 Å². The summed E-state index contributed by atoms with van der Waals surface area (Å²) < 4.78 is 13.3. The van der Waals surface area contributed by atoms with Crippen LogP contribution in [0, 0.1) is 0 Å². The summed E-state index contributed by atoms with van der Waals surface area (Å²) in [5.41, 5.74) is 5.51. The molecule has 3 aliphatic rings. The van der Waals surface area contributed by atoms with E-state index in [1.54, 1.807) is 4.90 Å². The lowest BCUT2D eigenvalue weighted by atomic mass is 10.0.